The van der Waals surface area contributed by atoms with E-state index in [2.05, 4.69) is 15.9 Å². The van der Waals surface area contributed by atoms with Crippen LogP contribution < -0.4 is 4.74 Å². The molecular weight excluding hydrogens is 260 g/mol. The van der Waals surface area contributed by atoms with Gasteiger partial charge in [0.15, 0.2) is 0 Å². The molecule has 2 unspecified atom stereocenters. The molecule has 1 aromatic rings. The van der Waals surface area contributed by atoms with Crippen molar-refractivity contribution in [3.63, 3.8) is 0 Å². The molecule has 1 aliphatic rings. The Morgan fingerprint density at radius 2 is 2.33 bits per heavy atom. The van der Waals surface area contributed by atoms with Crippen molar-refractivity contribution >= 4 is 21.9 Å². The summed E-state index contributed by atoms with van der Waals surface area (Å²) in [4.78, 5) is 11.0. The summed E-state index contributed by atoms with van der Waals surface area (Å²) in [5.74, 6) is -0.455. The Balaban J connectivity index is 2.33. The van der Waals surface area contributed by atoms with Crippen LogP contribution in [0, 0.1) is 5.92 Å². The van der Waals surface area contributed by atoms with E-state index in [4.69, 9.17) is 9.84 Å². The highest BCUT2D eigenvalue weighted by Gasteiger charge is 2.32. The highest BCUT2D eigenvalue weighted by atomic mass is 79.9. The Hall–Kier alpha value is -1.03. The summed E-state index contributed by atoms with van der Waals surface area (Å²) in [7, 11) is 0. The molecule has 80 valence electrons. The van der Waals surface area contributed by atoms with Crippen LogP contribution in [0.1, 0.15) is 12.5 Å². The van der Waals surface area contributed by atoms with Crippen LogP contribution >= 0.6 is 15.9 Å². The molecule has 0 fully saturated rings. The average molecular weight is 271 g/mol. The first-order valence-corrected chi connectivity index (χ1v) is 5.55. The zero-order valence-corrected chi connectivity index (χ0v) is 9.82. The Kier molecular flexibility index (Phi) is 2.69. The molecule has 0 aromatic heterocycles. The van der Waals surface area contributed by atoms with Gasteiger partial charge in [0.2, 0.25) is 0 Å². The summed E-state index contributed by atoms with van der Waals surface area (Å²) in [6.45, 7) is 1.79. The Bertz CT molecular complexity index is 403. The van der Waals surface area contributed by atoms with Gasteiger partial charge in [-0.05, 0) is 31.0 Å². The van der Waals surface area contributed by atoms with E-state index in [1.54, 1.807) is 6.92 Å². The number of hydrogen-bond acceptors (Lipinski definition) is 2. The predicted octanol–water partition coefficient (Wildman–Crippen LogP) is 2.47. The van der Waals surface area contributed by atoms with Gasteiger partial charge < -0.3 is 9.84 Å². The number of carboxylic acid groups (broad SMARTS) is 1. The second-order valence-electron chi connectivity index (χ2n) is 3.72. The van der Waals surface area contributed by atoms with E-state index >= 15 is 0 Å². The SMILES string of the molecule is CC1Oc2cc(Br)ccc2CC1C(=O)O. The van der Waals surface area contributed by atoms with E-state index in [0.29, 0.717) is 6.42 Å². The molecule has 0 radical (unpaired) electrons. The highest BCUT2D eigenvalue weighted by Crippen LogP contribution is 2.33. The van der Waals surface area contributed by atoms with E-state index in [0.717, 1.165) is 15.8 Å². The monoisotopic (exact) mass is 270 g/mol. The van der Waals surface area contributed by atoms with E-state index in [-0.39, 0.29) is 6.10 Å². The average Bonchev–Trinajstić information content (AvgIpc) is 2.15. The van der Waals surface area contributed by atoms with Gasteiger partial charge in [-0.15, -0.1) is 0 Å². The number of benzene rings is 1. The molecule has 0 saturated heterocycles. The standard InChI is InChI=1S/C11H11BrO3/c1-6-9(11(13)14)4-7-2-3-8(12)5-10(7)15-6/h2-3,5-6,9H,4H2,1H3,(H,13,14). The third kappa shape index (κ3) is 2.00. The molecule has 1 aromatic carbocycles. The summed E-state index contributed by atoms with van der Waals surface area (Å²) < 4.78 is 6.52. The zero-order valence-electron chi connectivity index (χ0n) is 8.24. The summed E-state index contributed by atoms with van der Waals surface area (Å²) in [5.41, 5.74) is 0.962. The maximum Gasteiger partial charge on any atom is 0.310 e. The number of hydrogen-bond donors (Lipinski definition) is 1. The van der Waals surface area contributed by atoms with Gasteiger partial charge in [-0.1, -0.05) is 22.0 Å². The van der Waals surface area contributed by atoms with Crippen LogP contribution in [0.4, 0.5) is 0 Å². The Labute approximate surface area is 96.2 Å². The minimum atomic E-state index is -0.795. The smallest absolute Gasteiger partial charge is 0.310 e. The molecule has 1 aliphatic heterocycles. The molecule has 4 heteroatoms. The van der Waals surface area contributed by atoms with E-state index in [1.165, 1.54) is 0 Å². The van der Waals surface area contributed by atoms with Gasteiger partial charge in [0, 0.05) is 4.47 Å². The van der Waals surface area contributed by atoms with Gasteiger partial charge in [0.25, 0.3) is 0 Å². The van der Waals surface area contributed by atoms with Crippen molar-refractivity contribution in [3.8, 4) is 5.75 Å². The number of aliphatic carboxylic acids is 1. The predicted molar refractivity (Wildman–Crippen MR) is 59.1 cm³/mol. The fraction of sp³-hybridized carbons (Fsp3) is 0.364. The maximum absolute atomic E-state index is 11.0. The van der Waals surface area contributed by atoms with E-state index < -0.39 is 11.9 Å². The topological polar surface area (TPSA) is 46.5 Å². The zero-order chi connectivity index (χ0) is 11.0. The minimum absolute atomic E-state index is 0.274. The summed E-state index contributed by atoms with van der Waals surface area (Å²) in [6.07, 6.45) is 0.267. The van der Waals surface area contributed by atoms with Crippen molar-refractivity contribution in [2.45, 2.75) is 19.4 Å². The largest absolute Gasteiger partial charge is 0.489 e. The quantitative estimate of drug-likeness (QED) is 0.853. The molecule has 0 amide bonds. The van der Waals surface area contributed by atoms with Gasteiger partial charge in [-0.2, -0.15) is 0 Å². The van der Waals surface area contributed by atoms with Crippen molar-refractivity contribution in [1.82, 2.24) is 0 Å². The van der Waals surface area contributed by atoms with Crippen molar-refractivity contribution in [3.05, 3.63) is 28.2 Å². The number of carboxylic acids is 1. The first kappa shape index (κ1) is 10.5. The molecule has 0 spiro atoms. The van der Waals surface area contributed by atoms with Crippen LogP contribution in [0.5, 0.6) is 5.75 Å². The molecule has 15 heavy (non-hydrogen) atoms. The molecule has 1 heterocycles. The van der Waals surface area contributed by atoms with Crippen LogP contribution in [-0.4, -0.2) is 17.2 Å². The maximum atomic E-state index is 11.0. The second kappa shape index (κ2) is 3.85. The van der Waals surface area contributed by atoms with E-state index in [9.17, 15) is 4.79 Å². The van der Waals surface area contributed by atoms with Crippen molar-refractivity contribution in [2.75, 3.05) is 0 Å². The van der Waals surface area contributed by atoms with Gasteiger partial charge in [-0.3, -0.25) is 4.79 Å². The fourth-order valence-corrected chi connectivity index (χ4v) is 2.12. The number of halogens is 1. The second-order valence-corrected chi connectivity index (χ2v) is 4.64. The van der Waals surface area contributed by atoms with Crippen molar-refractivity contribution < 1.29 is 14.6 Å². The number of fused-ring (bicyclic) bond motifs is 1. The minimum Gasteiger partial charge on any atom is -0.489 e. The van der Waals surface area contributed by atoms with Gasteiger partial charge in [0.05, 0.1) is 5.92 Å². The van der Waals surface area contributed by atoms with Crippen LogP contribution in [0.15, 0.2) is 22.7 Å². The lowest BCUT2D eigenvalue weighted by Crippen LogP contribution is -2.35. The molecule has 0 aliphatic carbocycles. The molecule has 2 atom stereocenters. The number of ether oxygens (including phenoxy) is 1. The number of carbonyl (C=O) groups is 1. The first-order chi connectivity index (χ1) is 7.08. The number of rotatable bonds is 1. The normalized spacial score (nSPS) is 24.1. The van der Waals surface area contributed by atoms with Crippen molar-refractivity contribution in [1.29, 1.82) is 0 Å². The molecule has 2 rings (SSSR count). The van der Waals surface area contributed by atoms with Crippen LogP contribution in [0.25, 0.3) is 0 Å². The van der Waals surface area contributed by atoms with Crippen LogP contribution in [0.3, 0.4) is 0 Å². The first-order valence-electron chi connectivity index (χ1n) is 4.76. The van der Waals surface area contributed by atoms with Crippen molar-refractivity contribution in [2.24, 2.45) is 5.92 Å². The molecule has 1 N–H and O–H groups in total. The van der Waals surface area contributed by atoms with E-state index in [1.807, 2.05) is 18.2 Å². The summed E-state index contributed by atoms with van der Waals surface area (Å²) in [6, 6.07) is 5.68. The molecule has 3 nitrogen and oxygen atoms in total. The lowest BCUT2D eigenvalue weighted by atomic mass is 9.91. The summed E-state index contributed by atoms with van der Waals surface area (Å²) in [5, 5.41) is 9.00. The van der Waals surface area contributed by atoms with Gasteiger partial charge >= 0.3 is 5.97 Å². The summed E-state index contributed by atoms with van der Waals surface area (Å²) >= 11 is 3.36. The lowest BCUT2D eigenvalue weighted by molar-refractivity contribution is -0.145. The molecule has 0 saturated carbocycles. The Morgan fingerprint density at radius 1 is 1.60 bits per heavy atom. The Morgan fingerprint density at radius 3 is 3.00 bits per heavy atom. The third-order valence-electron chi connectivity index (χ3n) is 2.67. The van der Waals surface area contributed by atoms with Crippen LogP contribution in [-0.2, 0) is 11.2 Å². The third-order valence-corrected chi connectivity index (χ3v) is 3.16. The van der Waals surface area contributed by atoms with Gasteiger partial charge in [-0.25, -0.2) is 0 Å². The highest BCUT2D eigenvalue weighted by molar-refractivity contribution is 9.10. The van der Waals surface area contributed by atoms with Crippen LogP contribution in [0.2, 0.25) is 0 Å². The fourth-order valence-electron chi connectivity index (χ4n) is 1.78. The van der Waals surface area contributed by atoms with Gasteiger partial charge in [0.1, 0.15) is 11.9 Å². The molecule has 0 bridgehead atoms. The lowest BCUT2D eigenvalue weighted by Gasteiger charge is -2.28. The molecular formula is C11H11BrO3.